The maximum Gasteiger partial charge on any atom is 0.328 e. The molecule has 0 unspecified atom stereocenters. The van der Waals surface area contributed by atoms with Gasteiger partial charge in [-0.25, -0.2) is 4.79 Å². The largest absolute Gasteiger partial charge is 0.394 e. The van der Waals surface area contributed by atoms with E-state index in [1.807, 2.05) is 22.6 Å². The van der Waals surface area contributed by atoms with E-state index >= 15 is 0 Å². The maximum atomic E-state index is 12.2. The second kappa shape index (κ2) is 6.54. The highest BCUT2D eigenvalue weighted by atomic mass is 127. The van der Waals surface area contributed by atoms with Crippen LogP contribution in [0.3, 0.4) is 0 Å². The summed E-state index contributed by atoms with van der Waals surface area (Å²) in [6.45, 7) is 1.30. The molecule has 0 aromatic heterocycles. The Hall–Kier alpha value is -1.14. The Bertz CT molecular complexity index is 523. The van der Waals surface area contributed by atoms with E-state index in [4.69, 9.17) is 15.0 Å². The van der Waals surface area contributed by atoms with Crippen molar-refractivity contribution in [3.8, 4) is 0 Å². The van der Waals surface area contributed by atoms with Crippen LogP contribution < -0.4 is 5.32 Å². The molecule has 10 nitrogen and oxygen atoms in total. The minimum absolute atomic E-state index is 0.212. The lowest BCUT2D eigenvalue weighted by molar-refractivity contribution is -0.151. The number of aliphatic hydroxyl groups excluding tert-OH is 1. The Balaban J connectivity index is 2.28. The minimum Gasteiger partial charge on any atom is -0.394 e. The molecule has 22 heavy (non-hydrogen) atoms. The van der Waals surface area contributed by atoms with Crippen molar-refractivity contribution in [1.29, 1.82) is 0 Å². The van der Waals surface area contributed by atoms with E-state index in [1.54, 1.807) is 6.92 Å². The van der Waals surface area contributed by atoms with Crippen molar-refractivity contribution >= 4 is 34.5 Å². The van der Waals surface area contributed by atoms with Gasteiger partial charge in [-0.2, -0.15) is 0 Å². The molecule has 122 valence electrons. The van der Waals surface area contributed by atoms with Crippen LogP contribution in [-0.2, 0) is 14.3 Å². The Morgan fingerprint density at radius 1 is 1.68 bits per heavy atom. The minimum atomic E-state index is -1.00. The molecule has 0 bridgehead atoms. The lowest BCUT2D eigenvalue weighted by atomic mass is 10.0. The predicted molar refractivity (Wildman–Crippen MR) is 81.9 cm³/mol. The summed E-state index contributed by atoms with van der Waals surface area (Å²) < 4.78 is 9.92. The second-order valence-corrected chi connectivity index (χ2v) is 7.39. The van der Waals surface area contributed by atoms with Crippen molar-refractivity contribution < 1.29 is 24.2 Å². The van der Waals surface area contributed by atoms with Crippen molar-refractivity contribution in [2.75, 3.05) is 13.7 Å². The number of imide groups is 1. The smallest absolute Gasteiger partial charge is 0.328 e. The third kappa shape index (κ3) is 2.86. The topological polar surface area (TPSA) is 137 Å². The number of halogens is 1. The maximum absolute atomic E-state index is 12.2. The Morgan fingerprint density at radius 3 is 2.91 bits per heavy atom. The van der Waals surface area contributed by atoms with Crippen molar-refractivity contribution in [2.24, 2.45) is 5.11 Å². The zero-order valence-corrected chi connectivity index (χ0v) is 14.1. The van der Waals surface area contributed by atoms with Gasteiger partial charge in [0.25, 0.3) is 0 Å². The van der Waals surface area contributed by atoms with Gasteiger partial charge < -0.3 is 14.6 Å². The Labute approximate surface area is 139 Å². The third-order valence-electron chi connectivity index (χ3n) is 3.73. The first-order valence-corrected chi connectivity index (χ1v) is 7.60. The van der Waals surface area contributed by atoms with Gasteiger partial charge in [-0.05, 0) is 12.5 Å². The molecule has 3 amide bonds. The average molecular weight is 425 g/mol. The number of nitrogens with zero attached hydrogens (tertiary/aromatic N) is 4. The summed E-state index contributed by atoms with van der Waals surface area (Å²) in [4.78, 5) is 28.1. The second-order valence-electron chi connectivity index (χ2n) is 5.15. The van der Waals surface area contributed by atoms with Crippen LogP contribution >= 0.6 is 22.6 Å². The van der Waals surface area contributed by atoms with Gasteiger partial charge in [0.2, 0.25) is 5.91 Å². The van der Waals surface area contributed by atoms with E-state index in [2.05, 4.69) is 15.3 Å². The van der Waals surface area contributed by atoms with Gasteiger partial charge in [0.1, 0.15) is 9.65 Å². The molecule has 0 radical (unpaired) electrons. The molecule has 11 heteroatoms. The fourth-order valence-corrected chi connectivity index (χ4v) is 3.31. The summed E-state index contributed by atoms with van der Waals surface area (Å²) in [6.07, 6.45) is -2.10. The van der Waals surface area contributed by atoms with E-state index in [9.17, 15) is 14.7 Å². The van der Waals surface area contributed by atoms with Crippen LogP contribution in [0, 0.1) is 0 Å². The first-order chi connectivity index (χ1) is 10.4. The lowest BCUT2D eigenvalue weighted by Gasteiger charge is -2.44. The van der Waals surface area contributed by atoms with Gasteiger partial charge in [0.15, 0.2) is 6.23 Å². The van der Waals surface area contributed by atoms with Crippen LogP contribution in [0.5, 0.6) is 0 Å². The molecular formula is C11H16IN5O5. The summed E-state index contributed by atoms with van der Waals surface area (Å²) in [7, 11) is 1.39. The molecule has 5 atom stereocenters. The first-order valence-electron chi connectivity index (χ1n) is 6.52. The highest BCUT2D eigenvalue weighted by Crippen LogP contribution is 2.36. The van der Waals surface area contributed by atoms with E-state index in [0.29, 0.717) is 0 Å². The molecule has 0 saturated carbocycles. The molecule has 2 saturated heterocycles. The number of alkyl halides is 1. The molecule has 2 aliphatic rings. The highest BCUT2D eigenvalue weighted by Gasteiger charge is 2.54. The van der Waals surface area contributed by atoms with Crippen LogP contribution in [0.1, 0.15) is 13.3 Å². The number of hydrogen-bond acceptors (Lipinski definition) is 6. The molecule has 0 aromatic rings. The van der Waals surface area contributed by atoms with Gasteiger partial charge in [0.05, 0.1) is 18.8 Å². The number of amides is 3. The number of hydrogen-bond donors (Lipinski definition) is 2. The number of aliphatic hydroxyl groups is 1. The SMILES string of the molecule is CO[C@H]1N([C@H]2C[C@H](N=[N+]=[N-])[C@@H](CO)O2)C(=O)NC(=O)[C@]1(C)I. The van der Waals surface area contributed by atoms with Gasteiger partial charge in [-0.3, -0.25) is 15.0 Å². The molecule has 0 spiro atoms. The normalized spacial score (nSPS) is 38.6. The quantitative estimate of drug-likeness (QED) is 0.222. The molecule has 2 fully saturated rings. The predicted octanol–water partition coefficient (Wildman–Crippen LogP) is 0.491. The van der Waals surface area contributed by atoms with E-state index in [1.165, 1.54) is 12.0 Å². The van der Waals surface area contributed by atoms with E-state index in [-0.39, 0.29) is 13.0 Å². The number of urea groups is 1. The fraction of sp³-hybridized carbons (Fsp3) is 0.818. The van der Waals surface area contributed by atoms with Crippen LogP contribution in [0.2, 0.25) is 0 Å². The summed E-state index contributed by atoms with van der Waals surface area (Å²) in [6, 6.07) is -1.24. The number of methoxy groups -OCH3 is 1. The van der Waals surface area contributed by atoms with Gasteiger partial charge in [-0.1, -0.05) is 27.7 Å². The summed E-state index contributed by atoms with van der Waals surface area (Å²) in [5.41, 5.74) is 8.56. The first kappa shape index (κ1) is 17.2. The van der Waals surface area contributed by atoms with Crippen molar-refractivity contribution in [3.63, 3.8) is 0 Å². The van der Waals surface area contributed by atoms with Crippen LogP contribution in [0.4, 0.5) is 4.79 Å². The highest BCUT2D eigenvalue weighted by molar-refractivity contribution is 14.1. The number of carbonyl (C=O) groups excluding carboxylic acids is 2. The lowest BCUT2D eigenvalue weighted by Crippen LogP contribution is -2.69. The molecule has 0 aliphatic carbocycles. The van der Waals surface area contributed by atoms with Crippen molar-refractivity contribution in [3.05, 3.63) is 10.4 Å². The number of azide groups is 1. The van der Waals surface area contributed by atoms with Crippen LogP contribution in [0.25, 0.3) is 10.4 Å². The standard InChI is InChI=1S/C11H16IN5O5/c1-11(12)8(19)14-10(20)17(9(11)21-2)7-3-5(15-16-13)6(4-18)22-7/h5-7,9,18H,3-4H2,1-2H3,(H,14,19,20)/t5-,6+,7+,9+,11-/m0/s1. The third-order valence-corrected chi connectivity index (χ3v) is 4.76. The molecule has 2 aliphatic heterocycles. The molecular weight excluding hydrogens is 409 g/mol. The van der Waals surface area contributed by atoms with Crippen LogP contribution in [-0.4, -0.2) is 63.7 Å². The number of nitrogens with one attached hydrogen (secondary N) is 1. The zero-order valence-electron chi connectivity index (χ0n) is 12.0. The van der Waals surface area contributed by atoms with E-state index in [0.717, 1.165) is 0 Å². The average Bonchev–Trinajstić information content (AvgIpc) is 2.85. The Morgan fingerprint density at radius 2 is 2.36 bits per heavy atom. The molecule has 2 heterocycles. The summed E-state index contributed by atoms with van der Waals surface area (Å²) in [5, 5.41) is 15.1. The zero-order chi connectivity index (χ0) is 16.5. The monoisotopic (exact) mass is 425 g/mol. The van der Waals surface area contributed by atoms with Crippen LogP contribution in [0.15, 0.2) is 5.11 Å². The van der Waals surface area contributed by atoms with E-state index < -0.39 is 40.0 Å². The number of carbonyl (C=O) groups is 2. The summed E-state index contributed by atoms with van der Waals surface area (Å²) in [5.74, 6) is -0.454. The fourth-order valence-electron chi connectivity index (χ4n) is 2.62. The van der Waals surface area contributed by atoms with Gasteiger partial charge in [0, 0.05) is 18.4 Å². The van der Waals surface area contributed by atoms with Gasteiger partial charge in [-0.15, -0.1) is 0 Å². The van der Waals surface area contributed by atoms with Gasteiger partial charge >= 0.3 is 6.03 Å². The number of rotatable bonds is 4. The Kier molecular flexibility index (Phi) is 5.12. The summed E-state index contributed by atoms with van der Waals surface area (Å²) >= 11 is 1.91. The van der Waals surface area contributed by atoms with Crippen molar-refractivity contribution in [2.45, 2.75) is 41.4 Å². The molecule has 2 N–H and O–H groups in total. The number of ether oxygens (including phenoxy) is 2. The molecule has 2 rings (SSSR count). The molecule has 0 aromatic carbocycles. The van der Waals surface area contributed by atoms with Crippen molar-refractivity contribution in [1.82, 2.24) is 10.2 Å².